The number of rotatable bonds is 4. The molecule has 1 aliphatic carbocycles. The molecule has 0 saturated heterocycles. The van der Waals surface area contributed by atoms with Crippen LogP contribution in [0.1, 0.15) is 45.1 Å². The molecule has 0 heterocycles. The molecule has 1 unspecified atom stereocenters. The lowest BCUT2D eigenvalue weighted by Crippen LogP contribution is -2.51. The van der Waals surface area contributed by atoms with Gasteiger partial charge in [-0.05, 0) is 36.8 Å². The minimum Gasteiger partial charge on any atom is -0.327 e. The number of halogens is 2. The average Bonchev–Trinajstić information content (AvgIpc) is 2.21. The van der Waals surface area contributed by atoms with Gasteiger partial charge in [0.25, 0.3) is 0 Å². The molecule has 0 aromatic heterocycles. The summed E-state index contributed by atoms with van der Waals surface area (Å²) in [6, 6.07) is 6.08. The van der Waals surface area contributed by atoms with E-state index in [2.05, 4.69) is 19.9 Å². The summed E-state index contributed by atoms with van der Waals surface area (Å²) in [4.78, 5) is 0. The van der Waals surface area contributed by atoms with Crippen molar-refractivity contribution in [3.8, 4) is 0 Å². The first-order valence-electron chi connectivity index (χ1n) is 6.67. The molecule has 18 heavy (non-hydrogen) atoms. The van der Waals surface area contributed by atoms with E-state index in [1.165, 1.54) is 6.42 Å². The molecule has 3 heteroatoms. The van der Waals surface area contributed by atoms with Crippen molar-refractivity contribution in [2.24, 2.45) is 11.7 Å². The zero-order chi connectivity index (χ0) is 13.3. The molecule has 1 aromatic carbocycles. The normalized spacial score (nSPS) is 19.7. The van der Waals surface area contributed by atoms with Gasteiger partial charge in [0, 0.05) is 11.5 Å². The zero-order valence-corrected chi connectivity index (χ0v) is 12.6. The Morgan fingerprint density at radius 2 is 1.94 bits per heavy atom. The SMILES string of the molecule is CC(C)CC(N)C1(c2cccc(Cl)c2Cl)CCC1. The van der Waals surface area contributed by atoms with E-state index >= 15 is 0 Å². The van der Waals surface area contributed by atoms with Crippen LogP contribution < -0.4 is 5.73 Å². The third-order valence-corrected chi connectivity index (χ3v) is 4.99. The van der Waals surface area contributed by atoms with E-state index in [1.54, 1.807) is 0 Å². The highest BCUT2D eigenvalue weighted by Gasteiger charge is 2.45. The van der Waals surface area contributed by atoms with Crippen LogP contribution in [-0.4, -0.2) is 6.04 Å². The number of hydrogen-bond donors (Lipinski definition) is 1. The molecule has 100 valence electrons. The van der Waals surface area contributed by atoms with Crippen molar-refractivity contribution in [3.63, 3.8) is 0 Å². The summed E-state index contributed by atoms with van der Waals surface area (Å²) in [6.07, 6.45) is 4.51. The maximum absolute atomic E-state index is 6.46. The first-order chi connectivity index (χ1) is 8.47. The second kappa shape index (κ2) is 5.40. The second-order valence-corrected chi connectivity index (χ2v) is 6.63. The fourth-order valence-corrected chi connectivity index (χ4v) is 3.51. The van der Waals surface area contributed by atoms with Crippen molar-refractivity contribution in [1.29, 1.82) is 0 Å². The first-order valence-corrected chi connectivity index (χ1v) is 7.43. The minimum absolute atomic E-state index is 0.0479. The van der Waals surface area contributed by atoms with Crippen LogP contribution in [0.5, 0.6) is 0 Å². The van der Waals surface area contributed by atoms with E-state index in [9.17, 15) is 0 Å². The summed E-state index contributed by atoms with van der Waals surface area (Å²) < 4.78 is 0. The van der Waals surface area contributed by atoms with Crippen LogP contribution in [0.15, 0.2) is 18.2 Å². The Bertz CT molecular complexity index is 425. The molecule has 2 rings (SSSR count). The average molecular weight is 286 g/mol. The number of hydrogen-bond acceptors (Lipinski definition) is 1. The van der Waals surface area contributed by atoms with E-state index in [4.69, 9.17) is 28.9 Å². The predicted octanol–water partition coefficient (Wildman–Crippen LogP) is 4.79. The highest BCUT2D eigenvalue weighted by atomic mass is 35.5. The van der Waals surface area contributed by atoms with E-state index in [1.807, 2.05) is 12.1 Å². The van der Waals surface area contributed by atoms with Crippen LogP contribution in [0.2, 0.25) is 10.0 Å². The lowest BCUT2D eigenvalue weighted by atomic mass is 9.59. The van der Waals surface area contributed by atoms with Gasteiger partial charge < -0.3 is 5.73 Å². The van der Waals surface area contributed by atoms with Crippen LogP contribution in [0.25, 0.3) is 0 Å². The van der Waals surface area contributed by atoms with E-state index in [0.29, 0.717) is 16.0 Å². The van der Waals surface area contributed by atoms with Crippen LogP contribution >= 0.6 is 23.2 Å². The Kier molecular flexibility index (Phi) is 4.25. The van der Waals surface area contributed by atoms with Crippen LogP contribution in [0.3, 0.4) is 0 Å². The largest absolute Gasteiger partial charge is 0.327 e. The van der Waals surface area contributed by atoms with E-state index in [0.717, 1.165) is 24.8 Å². The van der Waals surface area contributed by atoms with Gasteiger partial charge in [0.05, 0.1) is 10.0 Å². The Labute approximate surface area is 120 Å². The Morgan fingerprint density at radius 3 is 2.44 bits per heavy atom. The molecule has 1 atom stereocenters. The summed E-state index contributed by atoms with van der Waals surface area (Å²) >= 11 is 12.5. The van der Waals surface area contributed by atoms with Crippen LogP contribution in [0, 0.1) is 5.92 Å². The highest BCUT2D eigenvalue weighted by Crippen LogP contribution is 2.50. The third kappa shape index (κ3) is 2.41. The standard InChI is InChI=1S/C15H21Cl2N/c1-10(2)9-13(18)15(7-4-8-15)11-5-3-6-12(16)14(11)17/h3,5-6,10,13H,4,7-9,18H2,1-2H3. The maximum atomic E-state index is 6.46. The highest BCUT2D eigenvalue weighted by molar-refractivity contribution is 6.42. The van der Waals surface area contributed by atoms with Gasteiger partial charge in [-0.2, -0.15) is 0 Å². The molecule has 1 aromatic rings. The topological polar surface area (TPSA) is 26.0 Å². The monoisotopic (exact) mass is 285 g/mol. The maximum Gasteiger partial charge on any atom is 0.0630 e. The fraction of sp³-hybridized carbons (Fsp3) is 0.600. The van der Waals surface area contributed by atoms with Crippen molar-refractivity contribution in [2.75, 3.05) is 0 Å². The van der Waals surface area contributed by atoms with Gasteiger partial charge in [-0.3, -0.25) is 0 Å². The Hall–Kier alpha value is -0.240. The molecule has 0 radical (unpaired) electrons. The molecule has 0 amide bonds. The molecule has 0 spiro atoms. The van der Waals surface area contributed by atoms with Gasteiger partial charge in [-0.1, -0.05) is 55.6 Å². The Morgan fingerprint density at radius 1 is 1.28 bits per heavy atom. The van der Waals surface area contributed by atoms with Gasteiger partial charge >= 0.3 is 0 Å². The number of nitrogens with two attached hydrogens (primary N) is 1. The Balaban J connectivity index is 2.35. The first kappa shape index (κ1) is 14.2. The summed E-state index contributed by atoms with van der Waals surface area (Å²) in [7, 11) is 0. The quantitative estimate of drug-likeness (QED) is 0.846. The molecular formula is C15H21Cl2N. The van der Waals surface area contributed by atoms with E-state index < -0.39 is 0 Å². The lowest BCUT2D eigenvalue weighted by Gasteiger charge is -2.48. The van der Waals surface area contributed by atoms with Gasteiger partial charge in [-0.25, -0.2) is 0 Å². The molecule has 1 aliphatic rings. The van der Waals surface area contributed by atoms with Crippen molar-refractivity contribution >= 4 is 23.2 Å². The van der Waals surface area contributed by atoms with Gasteiger partial charge in [0.1, 0.15) is 0 Å². The zero-order valence-electron chi connectivity index (χ0n) is 11.0. The lowest BCUT2D eigenvalue weighted by molar-refractivity contribution is 0.178. The summed E-state index contributed by atoms with van der Waals surface area (Å²) in [5.74, 6) is 0.607. The fourth-order valence-electron chi connectivity index (χ4n) is 3.02. The molecule has 0 aliphatic heterocycles. The van der Waals surface area contributed by atoms with Crippen molar-refractivity contribution < 1.29 is 0 Å². The molecule has 1 nitrogen and oxygen atoms in total. The molecular weight excluding hydrogens is 265 g/mol. The molecule has 0 bridgehead atoms. The number of benzene rings is 1. The second-order valence-electron chi connectivity index (χ2n) is 5.85. The summed E-state index contributed by atoms with van der Waals surface area (Å²) in [5.41, 5.74) is 7.66. The molecule has 1 saturated carbocycles. The van der Waals surface area contributed by atoms with Gasteiger partial charge in [0.2, 0.25) is 0 Å². The van der Waals surface area contributed by atoms with Crippen molar-refractivity contribution in [1.82, 2.24) is 0 Å². The minimum atomic E-state index is 0.0479. The van der Waals surface area contributed by atoms with Crippen molar-refractivity contribution in [3.05, 3.63) is 33.8 Å². The molecule has 2 N–H and O–H groups in total. The summed E-state index contributed by atoms with van der Waals surface area (Å²) in [5, 5.41) is 1.33. The summed E-state index contributed by atoms with van der Waals surface area (Å²) in [6.45, 7) is 4.43. The van der Waals surface area contributed by atoms with E-state index in [-0.39, 0.29) is 11.5 Å². The predicted molar refractivity (Wildman–Crippen MR) is 79.4 cm³/mol. The van der Waals surface area contributed by atoms with Crippen LogP contribution in [0.4, 0.5) is 0 Å². The van der Waals surface area contributed by atoms with Crippen LogP contribution in [-0.2, 0) is 5.41 Å². The van der Waals surface area contributed by atoms with Crippen molar-refractivity contribution in [2.45, 2.75) is 51.0 Å². The smallest absolute Gasteiger partial charge is 0.0630 e. The molecule has 1 fully saturated rings. The third-order valence-electron chi connectivity index (χ3n) is 4.17. The van der Waals surface area contributed by atoms with Gasteiger partial charge in [-0.15, -0.1) is 0 Å². The van der Waals surface area contributed by atoms with Gasteiger partial charge in [0.15, 0.2) is 0 Å².